The molecule has 12 heavy (non-hydrogen) atoms. The van der Waals surface area contributed by atoms with Crippen molar-refractivity contribution in [2.75, 3.05) is 13.2 Å². The fourth-order valence-electron chi connectivity index (χ4n) is 2.10. The summed E-state index contributed by atoms with van der Waals surface area (Å²) in [5.41, 5.74) is -0.142. The van der Waals surface area contributed by atoms with E-state index in [-0.39, 0.29) is 24.6 Å². The first-order chi connectivity index (χ1) is 5.69. The minimum Gasteiger partial charge on any atom is -0.396 e. The van der Waals surface area contributed by atoms with Gasteiger partial charge < -0.3 is 15.5 Å². The van der Waals surface area contributed by atoms with Crippen LogP contribution in [-0.4, -0.2) is 41.2 Å². The average Bonchev–Trinajstić information content (AvgIpc) is 2.81. The third-order valence-electron chi connectivity index (χ3n) is 3.13. The first-order valence-corrected chi connectivity index (χ1v) is 4.38. The van der Waals surface area contributed by atoms with Crippen LogP contribution in [0.25, 0.3) is 0 Å². The van der Waals surface area contributed by atoms with Gasteiger partial charge in [-0.25, -0.2) is 4.39 Å². The van der Waals surface area contributed by atoms with Gasteiger partial charge >= 0.3 is 0 Å². The second-order valence-electron chi connectivity index (χ2n) is 3.83. The van der Waals surface area contributed by atoms with Crippen molar-refractivity contribution < 1.29 is 14.6 Å². The van der Waals surface area contributed by atoms with Crippen LogP contribution in [0.1, 0.15) is 12.8 Å². The summed E-state index contributed by atoms with van der Waals surface area (Å²) in [5.74, 6) is -0.318. The van der Waals surface area contributed by atoms with Crippen molar-refractivity contribution in [3.8, 4) is 0 Å². The number of halogens is 1. The van der Waals surface area contributed by atoms with Gasteiger partial charge in [0.2, 0.25) is 0 Å². The van der Waals surface area contributed by atoms with Crippen LogP contribution in [0.5, 0.6) is 0 Å². The van der Waals surface area contributed by atoms with Crippen molar-refractivity contribution in [3.63, 3.8) is 0 Å². The van der Waals surface area contributed by atoms with Crippen LogP contribution in [-0.2, 0) is 0 Å². The lowest BCUT2D eigenvalue weighted by atomic mass is 9.85. The van der Waals surface area contributed by atoms with Gasteiger partial charge in [-0.1, -0.05) is 0 Å². The molecule has 2 rings (SSSR count). The van der Waals surface area contributed by atoms with E-state index in [1.54, 1.807) is 0 Å². The van der Waals surface area contributed by atoms with Crippen LogP contribution < -0.4 is 5.32 Å². The molecule has 2 fully saturated rings. The Kier molecular flexibility index (Phi) is 1.86. The molecule has 0 aromatic carbocycles. The van der Waals surface area contributed by atoms with E-state index < -0.39 is 12.3 Å². The maximum Gasteiger partial charge on any atom is 0.139 e. The first-order valence-electron chi connectivity index (χ1n) is 4.38. The number of hydrogen-bond donors (Lipinski definition) is 3. The quantitative estimate of drug-likeness (QED) is 0.500. The molecular formula is C8H14FNO2. The van der Waals surface area contributed by atoms with Crippen molar-refractivity contribution in [3.05, 3.63) is 0 Å². The standard InChI is InChI=1S/C8H14FNO2/c9-6-3-10-8(1-2-8)5(4-11)7(6)12/h5-7,10-12H,1-4H2. The third kappa shape index (κ3) is 1.06. The van der Waals surface area contributed by atoms with Crippen molar-refractivity contribution in [1.29, 1.82) is 0 Å². The lowest BCUT2D eigenvalue weighted by Gasteiger charge is -2.37. The summed E-state index contributed by atoms with van der Waals surface area (Å²) in [4.78, 5) is 0. The van der Waals surface area contributed by atoms with Gasteiger partial charge in [0.25, 0.3) is 0 Å². The van der Waals surface area contributed by atoms with E-state index in [1.165, 1.54) is 0 Å². The molecule has 1 spiro atoms. The van der Waals surface area contributed by atoms with Gasteiger partial charge in [0.05, 0.1) is 12.7 Å². The number of rotatable bonds is 1. The number of nitrogens with one attached hydrogen (secondary N) is 1. The van der Waals surface area contributed by atoms with Gasteiger partial charge in [-0.3, -0.25) is 0 Å². The fourth-order valence-corrected chi connectivity index (χ4v) is 2.10. The largest absolute Gasteiger partial charge is 0.396 e. The predicted molar refractivity (Wildman–Crippen MR) is 41.4 cm³/mol. The molecule has 3 N–H and O–H groups in total. The normalized spacial score (nSPS) is 44.8. The number of hydrogen-bond acceptors (Lipinski definition) is 3. The van der Waals surface area contributed by atoms with Crippen molar-refractivity contribution in [2.45, 2.75) is 30.7 Å². The molecule has 70 valence electrons. The summed E-state index contributed by atoms with van der Waals surface area (Å²) in [6.45, 7) is 0.0895. The van der Waals surface area contributed by atoms with Gasteiger partial charge in [0, 0.05) is 18.0 Å². The average molecular weight is 175 g/mol. The highest BCUT2D eigenvalue weighted by Gasteiger charge is 2.55. The molecule has 1 saturated heterocycles. The summed E-state index contributed by atoms with van der Waals surface area (Å²) in [5, 5.41) is 21.5. The molecule has 4 heteroatoms. The van der Waals surface area contributed by atoms with Crippen molar-refractivity contribution in [2.24, 2.45) is 5.92 Å². The lowest BCUT2D eigenvalue weighted by Crippen LogP contribution is -2.57. The SMILES string of the molecule is OCC1C(O)C(F)CNC12CC2. The maximum absolute atomic E-state index is 13.0. The zero-order valence-corrected chi connectivity index (χ0v) is 6.83. The van der Waals surface area contributed by atoms with E-state index in [9.17, 15) is 9.50 Å². The number of alkyl halides is 1. The minimum atomic E-state index is -1.23. The van der Waals surface area contributed by atoms with Crippen molar-refractivity contribution in [1.82, 2.24) is 5.32 Å². The molecule has 0 aromatic heterocycles. The van der Waals surface area contributed by atoms with Crippen LogP contribution in [0.3, 0.4) is 0 Å². The molecule has 0 radical (unpaired) electrons. The smallest absolute Gasteiger partial charge is 0.139 e. The molecular weight excluding hydrogens is 161 g/mol. The Balaban J connectivity index is 2.11. The second-order valence-corrected chi connectivity index (χ2v) is 3.83. The zero-order chi connectivity index (χ0) is 8.77. The Hall–Kier alpha value is -0.190. The summed E-state index contributed by atoms with van der Waals surface area (Å²) in [6.07, 6.45) is -0.323. The van der Waals surface area contributed by atoms with E-state index >= 15 is 0 Å². The molecule has 3 atom stereocenters. The van der Waals surface area contributed by atoms with Crippen LogP contribution in [0, 0.1) is 5.92 Å². The highest BCUT2D eigenvalue weighted by molar-refractivity contribution is 5.12. The summed E-state index contributed by atoms with van der Waals surface area (Å²) >= 11 is 0. The zero-order valence-electron chi connectivity index (χ0n) is 6.83. The summed E-state index contributed by atoms with van der Waals surface area (Å²) < 4.78 is 13.0. The molecule has 1 aliphatic carbocycles. The molecule has 2 aliphatic rings. The minimum absolute atomic E-state index is 0.130. The highest BCUT2D eigenvalue weighted by atomic mass is 19.1. The van der Waals surface area contributed by atoms with Gasteiger partial charge in [0.15, 0.2) is 0 Å². The van der Waals surface area contributed by atoms with E-state index in [2.05, 4.69) is 5.32 Å². The summed E-state index contributed by atoms with van der Waals surface area (Å²) in [7, 11) is 0. The van der Waals surface area contributed by atoms with Gasteiger partial charge in [-0.05, 0) is 12.8 Å². The molecule has 3 unspecified atom stereocenters. The van der Waals surface area contributed by atoms with Crippen LogP contribution in [0.2, 0.25) is 0 Å². The van der Waals surface area contributed by atoms with Gasteiger partial charge in [-0.2, -0.15) is 0 Å². The Labute approximate surface area is 70.6 Å². The van der Waals surface area contributed by atoms with Crippen LogP contribution in [0.15, 0.2) is 0 Å². The Morgan fingerprint density at radius 3 is 2.67 bits per heavy atom. The molecule has 1 aliphatic heterocycles. The Morgan fingerprint density at radius 2 is 2.17 bits per heavy atom. The maximum atomic E-state index is 13.0. The molecule has 1 heterocycles. The van der Waals surface area contributed by atoms with E-state index in [0.717, 1.165) is 12.8 Å². The molecule has 3 nitrogen and oxygen atoms in total. The Bertz CT molecular complexity index is 184. The second kappa shape index (κ2) is 2.65. The molecule has 1 saturated carbocycles. The molecule has 0 amide bonds. The first kappa shape index (κ1) is 8.41. The van der Waals surface area contributed by atoms with E-state index in [0.29, 0.717) is 0 Å². The van der Waals surface area contributed by atoms with Crippen LogP contribution >= 0.6 is 0 Å². The Morgan fingerprint density at radius 1 is 1.50 bits per heavy atom. The molecule has 0 aromatic rings. The van der Waals surface area contributed by atoms with Crippen molar-refractivity contribution >= 4 is 0 Å². The third-order valence-corrected chi connectivity index (χ3v) is 3.13. The number of aliphatic hydroxyl groups excluding tert-OH is 2. The van der Waals surface area contributed by atoms with Crippen LogP contribution in [0.4, 0.5) is 4.39 Å². The van der Waals surface area contributed by atoms with E-state index in [1.807, 2.05) is 0 Å². The predicted octanol–water partition coefficient (Wildman–Crippen LogP) is -0.570. The monoisotopic (exact) mass is 175 g/mol. The lowest BCUT2D eigenvalue weighted by molar-refractivity contribution is -0.0401. The highest BCUT2D eigenvalue weighted by Crippen LogP contribution is 2.46. The number of aliphatic hydroxyl groups is 2. The summed E-state index contributed by atoms with van der Waals surface area (Å²) in [6, 6.07) is 0. The van der Waals surface area contributed by atoms with Gasteiger partial charge in [0.1, 0.15) is 6.17 Å². The topological polar surface area (TPSA) is 52.5 Å². The molecule has 0 bridgehead atoms. The number of piperidine rings is 1. The van der Waals surface area contributed by atoms with E-state index in [4.69, 9.17) is 5.11 Å². The van der Waals surface area contributed by atoms with Gasteiger partial charge in [-0.15, -0.1) is 0 Å². The fraction of sp³-hybridized carbons (Fsp3) is 1.00.